The second-order valence-corrected chi connectivity index (χ2v) is 8.66. The summed E-state index contributed by atoms with van der Waals surface area (Å²) in [6.45, 7) is 4.95. The van der Waals surface area contributed by atoms with Crippen molar-refractivity contribution in [3.63, 3.8) is 0 Å². The first-order valence-electron chi connectivity index (χ1n) is 11.1. The van der Waals surface area contributed by atoms with Crippen molar-refractivity contribution >= 4 is 5.91 Å². The Kier molecular flexibility index (Phi) is 6.39. The lowest BCUT2D eigenvalue weighted by atomic mass is 9.79. The molecule has 1 saturated carbocycles. The first-order valence-corrected chi connectivity index (χ1v) is 11.1. The van der Waals surface area contributed by atoms with E-state index in [4.69, 9.17) is 4.98 Å². The summed E-state index contributed by atoms with van der Waals surface area (Å²) in [6, 6.07) is 7.70. The number of rotatable bonds is 6. The van der Waals surface area contributed by atoms with Crippen LogP contribution in [0.25, 0.3) is 11.3 Å². The van der Waals surface area contributed by atoms with Gasteiger partial charge in [0.05, 0.1) is 11.4 Å². The molecule has 7 nitrogen and oxygen atoms in total. The molecule has 3 aromatic rings. The molecule has 3 heterocycles. The molecule has 0 aliphatic heterocycles. The van der Waals surface area contributed by atoms with E-state index < -0.39 is 0 Å². The van der Waals surface area contributed by atoms with Gasteiger partial charge in [-0.15, -0.1) is 0 Å². The third kappa shape index (κ3) is 4.81. The quantitative estimate of drug-likeness (QED) is 0.651. The Labute approximate surface area is 183 Å². The van der Waals surface area contributed by atoms with Crippen LogP contribution in [0.4, 0.5) is 0 Å². The van der Waals surface area contributed by atoms with Crippen molar-refractivity contribution in [2.75, 3.05) is 6.54 Å². The van der Waals surface area contributed by atoms with Crippen LogP contribution in [0.3, 0.4) is 0 Å². The van der Waals surface area contributed by atoms with Crippen molar-refractivity contribution in [1.82, 2.24) is 30.0 Å². The minimum Gasteiger partial charge on any atom is -0.350 e. The van der Waals surface area contributed by atoms with Crippen LogP contribution in [0.5, 0.6) is 0 Å². The molecule has 0 bridgehead atoms. The van der Waals surface area contributed by atoms with Gasteiger partial charge in [0, 0.05) is 49.6 Å². The van der Waals surface area contributed by atoms with Gasteiger partial charge in [-0.05, 0) is 49.8 Å². The van der Waals surface area contributed by atoms with Crippen molar-refractivity contribution in [3.8, 4) is 11.3 Å². The lowest BCUT2D eigenvalue weighted by Crippen LogP contribution is -2.32. The van der Waals surface area contributed by atoms with Crippen LogP contribution in [-0.2, 0) is 7.05 Å². The number of hydrogen-bond acceptors (Lipinski definition) is 5. The van der Waals surface area contributed by atoms with Gasteiger partial charge in [-0.3, -0.25) is 14.5 Å². The Morgan fingerprint density at radius 2 is 1.94 bits per heavy atom. The van der Waals surface area contributed by atoms with Crippen LogP contribution in [-0.4, -0.2) is 37.2 Å². The van der Waals surface area contributed by atoms with Crippen molar-refractivity contribution in [2.24, 2.45) is 13.0 Å². The summed E-state index contributed by atoms with van der Waals surface area (Å²) < 4.78 is 1.60. The molecule has 3 aromatic heterocycles. The lowest BCUT2D eigenvalue weighted by molar-refractivity contribution is 0.0933. The predicted octanol–water partition coefficient (Wildman–Crippen LogP) is 4.10. The van der Waals surface area contributed by atoms with Crippen LogP contribution in [0, 0.1) is 5.92 Å². The molecule has 0 unspecified atom stereocenters. The number of nitrogens with one attached hydrogen (secondary N) is 1. The maximum atomic E-state index is 12.4. The number of aryl methyl sites for hydroxylation is 1. The van der Waals surface area contributed by atoms with Gasteiger partial charge < -0.3 is 5.32 Å². The van der Waals surface area contributed by atoms with E-state index in [-0.39, 0.29) is 11.8 Å². The number of carbonyl (C=O) groups is 1. The highest BCUT2D eigenvalue weighted by atomic mass is 16.2. The monoisotopic (exact) mass is 418 g/mol. The van der Waals surface area contributed by atoms with Crippen LogP contribution in [0.2, 0.25) is 0 Å². The van der Waals surface area contributed by atoms with E-state index in [0.717, 1.165) is 48.5 Å². The Balaban J connectivity index is 1.44. The van der Waals surface area contributed by atoms with E-state index in [1.54, 1.807) is 24.0 Å². The maximum absolute atomic E-state index is 12.4. The van der Waals surface area contributed by atoms with E-state index in [1.807, 2.05) is 30.6 Å². The van der Waals surface area contributed by atoms with Gasteiger partial charge in [-0.25, -0.2) is 9.97 Å². The molecule has 0 atom stereocenters. The third-order valence-electron chi connectivity index (χ3n) is 6.13. The van der Waals surface area contributed by atoms with Crippen LogP contribution in [0.15, 0.2) is 42.9 Å². The number of nitrogens with zero attached hydrogens (tertiary/aromatic N) is 5. The first kappa shape index (κ1) is 21.2. The summed E-state index contributed by atoms with van der Waals surface area (Å²) >= 11 is 0. The number of carbonyl (C=O) groups excluding carboxylic acids is 1. The van der Waals surface area contributed by atoms with Crippen LogP contribution >= 0.6 is 0 Å². The van der Waals surface area contributed by atoms with Crippen molar-refractivity contribution in [2.45, 2.75) is 51.4 Å². The Morgan fingerprint density at radius 3 is 2.58 bits per heavy atom. The van der Waals surface area contributed by atoms with Crippen molar-refractivity contribution < 1.29 is 4.79 Å². The van der Waals surface area contributed by atoms with Crippen LogP contribution in [0.1, 0.15) is 73.4 Å². The molecule has 1 aliphatic rings. The maximum Gasteiger partial charge on any atom is 0.269 e. The van der Waals surface area contributed by atoms with Crippen molar-refractivity contribution in [1.29, 1.82) is 0 Å². The summed E-state index contributed by atoms with van der Waals surface area (Å²) in [5.41, 5.74) is 3.68. The van der Waals surface area contributed by atoms with Crippen molar-refractivity contribution in [3.05, 3.63) is 60.1 Å². The third-order valence-corrected chi connectivity index (χ3v) is 6.13. The van der Waals surface area contributed by atoms with Gasteiger partial charge >= 0.3 is 0 Å². The minimum atomic E-state index is -0.0584. The predicted molar refractivity (Wildman–Crippen MR) is 120 cm³/mol. The molecular weight excluding hydrogens is 388 g/mol. The Bertz CT molecular complexity index is 1020. The molecule has 1 amide bonds. The lowest BCUT2D eigenvalue weighted by Gasteiger charge is -2.29. The fraction of sp³-hybridized carbons (Fsp3) is 0.458. The molecule has 0 radical (unpaired) electrons. The van der Waals surface area contributed by atoms with E-state index in [0.29, 0.717) is 24.1 Å². The van der Waals surface area contributed by atoms with E-state index in [2.05, 4.69) is 34.2 Å². The summed E-state index contributed by atoms with van der Waals surface area (Å²) in [7, 11) is 1.78. The molecular formula is C24H30N6O. The molecule has 1 aliphatic carbocycles. The smallest absolute Gasteiger partial charge is 0.269 e. The highest BCUT2D eigenvalue weighted by molar-refractivity contribution is 5.92. The molecule has 0 saturated heterocycles. The molecule has 31 heavy (non-hydrogen) atoms. The second kappa shape index (κ2) is 9.37. The number of pyridine rings is 1. The molecule has 1 N–H and O–H groups in total. The fourth-order valence-corrected chi connectivity index (χ4v) is 4.28. The van der Waals surface area contributed by atoms with Gasteiger partial charge in [-0.1, -0.05) is 19.9 Å². The zero-order valence-corrected chi connectivity index (χ0v) is 18.5. The number of amides is 1. The molecule has 0 spiro atoms. The standard InChI is InChI=1S/C24H30N6O/c1-16(2)23-26-15-19(20-6-4-5-12-25-20)22(29-23)18-9-7-17(8-10-18)14-27-24(31)21-11-13-28-30(21)3/h4-6,11-13,15-18H,7-10,14H2,1-3H3,(H,27,31). The average molecular weight is 419 g/mol. The van der Waals surface area contributed by atoms with E-state index >= 15 is 0 Å². The Hall–Kier alpha value is -3.09. The molecule has 0 aromatic carbocycles. The second-order valence-electron chi connectivity index (χ2n) is 8.66. The summed E-state index contributed by atoms with van der Waals surface area (Å²) in [4.78, 5) is 26.5. The Morgan fingerprint density at radius 1 is 1.13 bits per heavy atom. The topological polar surface area (TPSA) is 85.6 Å². The zero-order valence-electron chi connectivity index (χ0n) is 18.5. The number of hydrogen-bond donors (Lipinski definition) is 1. The zero-order chi connectivity index (χ0) is 21.8. The molecule has 162 valence electrons. The fourth-order valence-electron chi connectivity index (χ4n) is 4.28. The number of aromatic nitrogens is 5. The van der Waals surface area contributed by atoms with Gasteiger partial charge in [-0.2, -0.15) is 5.10 Å². The molecule has 4 rings (SSSR count). The van der Waals surface area contributed by atoms with E-state index in [1.165, 1.54) is 0 Å². The van der Waals surface area contributed by atoms with Gasteiger partial charge in [0.2, 0.25) is 0 Å². The SMILES string of the molecule is CC(C)c1ncc(-c2ccccn2)c(C2CCC(CNC(=O)c3ccnn3C)CC2)n1. The van der Waals surface area contributed by atoms with Crippen LogP contribution < -0.4 is 5.32 Å². The summed E-state index contributed by atoms with van der Waals surface area (Å²) in [6.07, 6.45) is 9.66. The molecule has 7 heteroatoms. The van der Waals surface area contributed by atoms with E-state index in [9.17, 15) is 4.79 Å². The summed E-state index contributed by atoms with van der Waals surface area (Å²) in [5, 5.41) is 7.14. The highest BCUT2D eigenvalue weighted by Gasteiger charge is 2.27. The largest absolute Gasteiger partial charge is 0.350 e. The van der Waals surface area contributed by atoms with Gasteiger partial charge in [0.1, 0.15) is 11.5 Å². The highest BCUT2D eigenvalue weighted by Crippen LogP contribution is 2.38. The first-order chi connectivity index (χ1) is 15.0. The summed E-state index contributed by atoms with van der Waals surface area (Å²) in [5.74, 6) is 1.99. The van der Waals surface area contributed by atoms with Gasteiger partial charge in [0.25, 0.3) is 5.91 Å². The average Bonchev–Trinajstić information content (AvgIpc) is 3.24. The minimum absolute atomic E-state index is 0.0584. The normalized spacial score (nSPS) is 18.8. The van der Waals surface area contributed by atoms with Gasteiger partial charge in [0.15, 0.2) is 0 Å². The molecule has 1 fully saturated rings.